The summed E-state index contributed by atoms with van der Waals surface area (Å²) in [5, 5.41) is 0. The number of hydrogen-bond donors (Lipinski definition) is 0. The smallest absolute Gasteiger partial charge is 0.0187 e. The highest BCUT2D eigenvalue weighted by atomic mass is 32.2. The Labute approximate surface area is 67.4 Å². The topological polar surface area (TPSA) is 0 Å². The SMILES string of the molecule is C=C1CSC/C1=C/CCC. The van der Waals surface area contributed by atoms with Gasteiger partial charge in [-0.05, 0) is 17.6 Å². The quantitative estimate of drug-likeness (QED) is 0.589. The van der Waals surface area contributed by atoms with Crippen molar-refractivity contribution in [1.29, 1.82) is 0 Å². The normalized spacial score (nSPS) is 22.5. The van der Waals surface area contributed by atoms with Crippen molar-refractivity contribution in [3.05, 3.63) is 23.8 Å². The van der Waals surface area contributed by atoms with E-state index in [1.807, 2.05) is 11.8 Å². The second-order valence-electron chi connectivity index (χ2n) is 2.61. The van der Waals surface area contributed by atoms with Crippen LogP contribution in [0, 0.1) is 0 Å². The van der Waals surface area contributed by atoms with Crippen molar-refractivity contribution >= 4 is 11.8 Å². The van der Waals surface area contributed by atoms with Crippen LogP contribution in [0.4, 0.5) is 0 Å². The molecular weight excluding hydrogens is 140 g/mol. The summed E-state index contributed by atoms with van der Waals surface area (Å²) in [6, 6.07) is 0. The lowest BCUT2D eigenvalue weighted by atomic mass is 10.1. The standard InChI is InChI=1S/C9H14S/c1-3-4-5-9-7-10-6-8(9)2/h5H,2-4,6-7H2,1H3/b9-5-. The molecule has 1 aliphatic rings. The van der Waals surface area contributed by atoms with E-state index in [2.05, 4.69) is 19.6 Å². The molecule has 0 amide bonds. The van der Waals surface area contributed by atoms with Crippen molar-refractivity contribution in [2.75, 3.05) is 11.5 Å². The van der Waals surface area contributed by atoms with Crippen molar-refractivity contribution in [3.63, 3.8) is 0 Å². The summed E-state index contributed by atoms with van der Waals surface area (Å²) in [7, 11) is 0. The van der Waals surface area contributed by atoms with Gasteiger partial charge in [0.05, 0.1) is 0 Å². The molecule has 1 saturated heterocycles. The molecule has 1 rings (SSSR count). The fourth-order valence-corrected chi connectivity index (χ4v) is 2.08. The zero-order chi connectivity index (χ0) is 7.40. The number of thioether (sulfide) groups is 1. The van der Waals surface area contributed by atoms with Crippen LogP contribution in [0.3, 0.4) is 0 Å². The van der Waals surface area contributed by atoms with E-state index in [4.69, 9.17) is 0 Å². The Hall–Kier alpha value is -0.170. The van der Waals surface area contributed by atoms with Gasteiger partial charge in [0.15, 0.2) is 0 Å². The van der Waals surface area contributed by atoms with E-state index in [-0.39, 0.29) is 0 Å². The van der Waals surface area contributed by atoms with Crippen LogP contribution in [0.15, 0.2) is 23.8 Å². The van der Waals surface area contributed by atoms with Crippen molar-refractivity contribution in [1.82, 2.24) is 0 Å². The summed E-state index contributed by atoms with van der Waals surface area (Å²) in [6.45, 7) is 6.21. The third kappa shape index (κ3) is 1.91. The molecule has 0 aromatic rings. The zero-order valence-electron chi connectivity index (χ0n) is 6.52. The number of unbranched alkanes of at least 4 members (excludes halogenated alkanes) is 1. The summed E-state index contributed by atoms with van der Waals surface area (Å²) in [4.78, 5) is 0. The van der Waals surface area contributed by atoms with Gasteiger partial charge in [0, 0.05) is 11.5 Å². The lowest BCUT2D eigenvalue weighted by molar-refractivity contribution is 0.951. The van der Waals surface area contributed by atoms with E-state index in [1.165, 1.54) is 29.7 Å². The molecule has 10 heavy (non-hydrogen) atoms. The van der Waals surface area contributed by atoms with Crippen molar-refractivity contribution < 1.29 is 0 Å². The first kappa shape index (κ1) is 7.93. The largest absolute Gasteiger partial charge is 0.152 e. The molecule has 0 unspecified atom stereocenters. The average molecular weight is 154 g/mol. The van der Waals surface area contributed by atoms with Crippen LogP contribution in [0.2, 0.25) is 0 Å². The molecule has 1 heterocycles. The molecule has 1 heteroatoms. The predicted octanol–water partition coefficient (Wildman–Crippen LogP) is 3.02. The summed E-state index contributed by atoms with van der Waals surface area (Å²) in [5.41, 5.74) is 2.84. The van der Waals surface area contributed by atoms with E-state index in [0.29, 0.717) is 0 Å². The van der Waals surface area contributed by atoms with Crippen LogP contribution in [-0.2, 0) is 0 Å². The van der Waals surface area contributed by atoms with Crippen LogP contribution < -0.4 is 0 Å². The summed E-state index contributed by atoms with van der Waals surface area (Å²) in [6.07, 6.45) is 4.80. The first-order chi connectivity index (χ1) is 4.84. The number of hydrogen-bond acceptors (Lipinski definition) is 1. The van der Waals surface area contributed by atoms with E-state index >= 15 is 0 Å². The minimum absolute atomic E-state index is 1.15. The lowest BCUT2D eigenvalue weighted by Gasteiger charge is -1.94. The molecule has 56 valence electrons. The van der Waals surface area contributed by atoms with Crippen LogP contribution in [-0.4, -0.2) is 11.5 Å². The molecule has 0 saturated carbocycles. The molecular formula is C9H14S. The highest BCUT2D eigenvalue weighted by molar-refractivity contribution is 8.00. The Morgan fingerprint density at radius 3 is 2.90 bits per heavy atom. The minimum atomic E-state index is 1.15. The summed E-state index contributed by atoms with van der Waals surface area (Å²) in [5.74, 6) is 2.34. The van der Waals surface area contributed by atoms with E-state index in [0.717, 1.165) is 5.75 Å². The van der Waals surface area contributed by atoms with Gasteiger partial charge in [0.2, 0.25) is 0 Å². The Kier molecular flexibility index (Phi) is 3.07. The van der Waals surface area contributed by atoms with Gasteiger partial charge >= 0.3 is 0 Å². The highest BCUT2D eigenvalue weighted by Crippen LogP contribution is 2.27. The van der Waals surface area contributed by atoms with Crippen LogP contribution in [0.1, 0.15) is 19.8 Å². The van der Waals surface area contributed by atoms with Crippen molar-refractivity contribution in [3.8, 4) is 0 Å². The molecule has 0 N–H and O–H groups in total. The second kappa shape index (κ2) is 3.87. The van der Waals surface area contributed by atoms with Crippen LogP contribution in [0.25, 0.3) is 0 Å². The average Bonchev–Trinajstić information content (AvgIpc) is 2.31. The predicted molar refractivity (Wildman–Crippen MR) is 49.5 cm³/mol. The van der Waals surface area contributed by atoms with Gasteiger partial charge < -0.3 is 0 Å². The molecule has 0 aromatic heterocycles. The third-order valence-electron chi connectivity index (χ3n) is 1.67. The van der Waals surface area contributed by atoms with Crippen LogP contribution in [0.5, 0.6) is 0 Å². The fraction of sp³-hybridized carbons (Fsp3) is 0.556. The lowest BCUT2D eigenvalue weighted by Crippen LogP contribution is -1.81. The molecule has 0 nitrogen and oxygen atoms in total. The van der Waals surface area contributed by atoms with Gasteiger partial charge in [0.1, 0.15) is 0 Å². The molecule has 0 atom stereocenters. The minimum Gasteiger partial charge on any atom is -0.152 e. The maximum Gasteiger partial charge on any atom is 0.0187 e. The first-order valence-electron chi connectivity index (χ1n) is 3.79. The molecule has 1 fully saturated rings. The maximum atomic E-state index is 4.00. The monoisotopic (exact) mass is 154 g/mol. The van der Waals surface area contributed by atoms with E-state index in [9.17, 15) is 0 Å². The highest BCUT2D eigenvalue weighted by Gasteiger charge is 2.09. The molecule has 0 radical (unpaired) electrons. The third-order valence-corrected chi connectivity index (χ3v) is 2.74. The molecule has 0 aliphatic carbocycles. The van der Waals surface area contributed by atoms with Gasteiger partial charge in [-0.15, -0.1) is 0 Å². The zero-order valence-corrected chi connectivity index (χ0v) is 7.34. The Balaban J connectivity index is 2.46. The van der Waals surface area contributed by atoms with Crippen molar-refractivity contribution in [2.24, 2.45) is 0 Å². The number of rotatable bonds is 2. The van der Waals surface area contributed by atoms with Crippen molar-refractivity contribution in [2.45, 2.75) is 19.8 Å². The van der Waals surface area contributed by atoms with Gasteiger partial charge in [-0.3, -0.25) is 0 Å². The Morgan fingerprint density at radius 2 is 2.40 bits per heavy atom. The Bertz CT molecular complexity index is 156. The molecule has 1 aliphatic heterocycles. The van der Waals surface area contributed by atoms with E-state index in [1.54, 1.807) is 0 Å². The molecule has 0 spiro atoms. The molecule has 0 aromatic carbocycles. The fourth-order valence-electron chi connectivity index (χ4n) is 1.00. The molecule has 0 bridgehead atoms. The van der Waals surface area contributed by atoms with E-state index < -0.39 is 0 Å². The van der Waals surface area contributed by atoms with Gasteiger partial charge in [0.25, 0.3) is 0 Å². The first-order valence-corrected chi connectivity index (χ1v) is 4.95. The maximum absolute atomic E-state index is 4.00. The van der Waals surface area contributed by atoms with Gasteiger partial charge in [-0.1, -0.05) is 26.0 Å². The van der Waals surface area contributed by atoms with Crippen LogP contribution >= 0.6 is 11.8 Å². The number of allylic oxidation sites excluding steroid dienone is 1. The van der Waals surface area contributed by atoms with Gasteiger partial charge in [-0.2, -0.15) is 11.8 Å². The Morgan fingerprint density at radius 1 is 1.60 bits per heavy atom. The van der Waals surface area contributed by atoms with Gasteiger partial charge in [-0.25, -0.2) is 0 Å². The summed E-state index contributed by atoms with van der Waals surface area (Å²) < 4.78 is 0. The summed E-state index contributed by atoms with van der Waals surface area (Å²) >= 11 is 1.97. The second-order valence-corrected chi connectivity index (χ2v) is 3.60.